The molecule has 1 aromatic carbocycles. The number of hydrogen-bond acceptors (Lipinski definition) is 17. The van der Waals surface area contributed by atoms with Crippen LogP contribution < -0.4 is 0 Å². The molecule has 2 fully saturated rings. The Morgan fingerprint density at radius 3 is 1.93 bits per heavy atom. The van der Waals surface area contributed by atoms with E-state index in [4.69, 9.17) is 23.7 Å². The number of aromatic hydroxyl groups is 3. The second-order valence-electron chi connectivity index (χ2n) is 10.5. The summed E-state index contributed by atoms with van der Waals surface area (Å²) in [5.41, 5.74) is 0.000529. The van der Waals surface area contributed by atoms with Crippen molar-refractivity contribution in [3.63, 3.8) is 0 Å². The van der Waals surface area contributed by atoms with Crippen LogP contribution >= 0.6 is 0 Å². The smallest absolute Gasteiger partial charge is 0.229 e. The van der Waals surface area contributed by atoms with Crippen molar-refractivity contribution >= 4 is 5.76 Å². The Balaban J connectivity index is 1.42. The molecule has 3 heterocycles. The van der Waals surface area contributed by atoms with Crippen molar-refractivity contribution in [2.24, 2.45) is 0 Å². The molecular formula is C27H32O17. The van der Waals surface area contributed by atoms with Crippen molar-refractivity contribution in [1.29, 1.82) is 0 Å². The van der Waals surface area contributed by atoms with Crippen molar-refractivity contribution in [2.45, 2.75) is 67.5 Å². The number of phenols is 3. The predicted molar refractivity (Wildman–Crippen MR) is 140 cm³/mol. The summed E-state index contributed by atoms with van der Waals surface area (Å²) in [6.07, 6.45) is -14.5. The molecule has 17 heteroatoms. The summed E-state index contributed by atoms with van der Waals surface area (Å²) >= 11 is 0. The van der Waals surface area contributed by atoms with Crippen LogP contribution in [-0.2, 0) is 23.7 Å². The molecule has 4 aliphatic rings. The van der Waals surface area contributed by atoms with E-state index in [2.05, 4.69) is 0 Å². The first kappa shape index (κ1) is 31.8. The van der Waals surface area contributed by atoms with Crippen molar-refractivity contribution in [3.05, 3.63) is 58.8 Å². The van der Waals surface area contributed by atoms with Gasteiger partial charge in [0, 0.05) is 23.3 Å². The van der Waals surface area contributed by atoms with Gasteiger partial charge in [0.2, 0.25) is 6.29 Å². The van der Waals surface area contributed by atoms with Gasteiger partial charge in [-0.1, -0.05) is 0 Å². The van der Waals surface area contributed by atoms with E-state index in [1.165, 1.54) is 12.2 Å². The molecule has 0 aromatic heterocycles. The van der Waals surface area contributed by atoms with Gasteiger partial charge in [0.25, 0.3) is 0 Å². The number of rotatable bonds is 7. The highest BCUT2D eigenvalue weighted by atomic mass is 16.7. The monoisotopic (exact) mass is 628 g/mol. The number of phenolic OH excluding ortho intramolecular Hbond substituents is 3. The fourth-order valence-corrected chi connectivity index (χ4v) is 5.01. The quantitative estimate of drug-likeness (QED) is 0.137. The number of allylic oxidation sites excluding steroid dienone is 2. The molecule has 44 heavy (non-hydrogen) atoms. The lowest BCUT2D eigenvalue weighted by Gasteiger charge is -2.43. The molecule has 0 spiro atoms. The van der Waals surface area contributed by atoms with E-state index in [0.29, 0.717) is 0 Å². The molecular weight excluding hydrogens is 596 g/mol. The van der Waals surface area contributed by atoms with Crippen LogP contribution in [0.25, 0.3) is 5.76 Å². The first-order valence-electron chi connectivity index (χ1n) is 13.3. The Bertz CT molecular complexity index is 1340. The third-order valence-electron chi connectivity index (χ3n) is 7.48. The zero-order chi connectivity index (χ0) is 32.0. The van der Waals surface area contributed by atoms with Crippen molar-refractivity contribution in [2.75, 3.05) is 13.2 Å². The van der Waals surface area contributed by atoms with Gasteiger partial charge in [0.1, 0.15) is 66.5 Å². The first-order valence-corrected chi connectivity index (χ1v) is 13.3. The summed E-state index contributed by atoms with van der Waals surface area (Å²) in [4.78, 5) is 0. The van der Waals surface area contributed by atoms with Crippen LogP contribution in [0.1, 0.15) is 5.56 Å². The molecule has 5 rings (SSSR count). The molecule has 12 N–H and O–H groups in total. The van der Waals surface area contributed by atoms with Crippen LogP contribution in [0.4, 0.5) is 0 Å². The van der Waals surface area contributed by atoms with Crippen molar-refractivity contribution < 1.29 is 85.0 Å². The van der Waals surface area contributed by atoms with Crippen LogP contribution in [0.15, 0.2) is 53.2 Å². The van der Waals surface area contributed by atoms with Crippen LogP contribution in [0, 0.1) is 0 Å². The maximum Gasteiger partial charge on any atom is 0.229 e. The summed E-state index contributed by atoms with van der Waals surface area (Å²) in [5.74, 6) is -3.61. The predicted octanol–water partition coefficient (Wildman–Crippen LogP) is -2.66. The average molecular weight is 629 g/mol. The van der Waals surface area contributed by atoms with Gasteiger partial charge < -0.3 is 85.0 Å². The molecule has 17 nitrogen and oxygen atoms in total. The molecule has 3 aliphatic heterocycles. The fraction of sp³-hybridized carbons (Fsp3) is 0.481. The Labute approximate surface area is 247 Å². The Morgan fingerprint density at radius 1 is 0.705 bits per heavy atom. The molecule has 1 aromatic rings. The third kappa shape index (κ3) is 5.89. The standard InChI is InChI=1S/C27H32O17/c28-6-16-19(34)21(36)23(38)26(43-16)40-7-17-20(35)22(37)24(39)27(44-17)42-15-5-10-11(30)3-9(29)4-14(10)41-25(15)8-1-12(31)18(33)13(32)2-8/h1-5,14,16-17,19-24,26-39H,6-7H2/t14?,16-,17-,19-,20-,21+,22+,23-,24-,26-,27-/m1/s1. The van der Waals surface area contributed by atoms with Crippen LogP contribution in [0.3, 0.4) is 0 Å². The highest BCUT2D eigenvalue weighted by molar-refractivity contribution is 5.72. The van der Waals surface area contributed by atoms with Gasteiger partial charge in [-0.25, -0.2) is 0 Å². The molecule has 0 saturated carbocycles. The van der Waals surface area contributed by atoms with Crippen LogP contribution in [0.2, 0.25) is 0 Å². The van der Waals surface area contributed by atoms with E-state index in [-0.39, 0.29) is 28.4 Å². The van der Waals surface area contributed by atoms with E-state index in [1.807, 2.05) is 0 Å². The maximum atomic E-state index is 10.7. The minimum absolute atomic E-state index is 0.0709. The average Bonchev–Trinajstić information content (AvgIpc) is 2.98. The number of hydrogen-bond donors (Lipinski definition) is 12. The largest absolute Gasteiger partial charge is 0.508 e. The molecule has 1 unspecified atom stereocenters. The lowest BCUT2D eigenvalue weighted by atomic mass is 9.96. The topological polar surface area (TPSA) is 289 Å². The van der Waals surface area contributed by atoms with Crippen molar-refractivity contribution in [3.8, 4) is 17.2 Å². The Kier molecular flexibility index (Phi) is 8.96. The van der Waals surface area contributed by atoms with Crippen molar-refractivity contribution in [1.82, 2.24) is 0 Å². The molecule has 242 valence electrons. The Hall–Kier alpha value is -3.62. The van der Waals surface area contributed by atoms with Crippen LogP contribution in [-0.4, -0.2) is 142 Å². The second-order valence-corrected chi connectivity index (χ2v) is 10.5. The highest BCUT2D eigenvalue weighted by Gasteiger charge is 2.48. The molecule has 2 saturated heterocycles. The van der Waals surface area contributed by atoms with Gasteiger partial charge >= 0.3 is 0 Å². The number of aliphatic hydroxyl groups is 9. The van der Waals surface area contributed by atoms with E-state index < -0.39 is 104 Å². The van der Waals surface area contributed by atoms with E-state index in [1.54, 1.807) is 0 Å². The van der Waals surface area contributed by atoms with E-state index in [9.17, 15) is 61.3 Å². The van der Waals surface area contributed by atoms with Gasteiger partial charge in [-0.15, -0.1) is 0 Å². The number of fused-ring (bicyclic) bond motifs is 1. The van der Waals surface area contributed by atoms with E-state index >= 15 is 0 Å². The van der Waals surface area contributed by atoms with Gasteiger partial charge in [-0.05, 0) is 18.2 Å². The number of ether oxygens (including phenoxy) is 5. The van der Waals surface area contributed by atoms with Gasteiger partial charge in [-0.3, -0.25) is 0 Å². The number of aliphatic hydroxyl groups excluding tert-OH is 9. The zero-order valence-electron chi connectivity index (χ0n) is 22.6. The minimum atomic E-state index is -1.90. The summed E-state index contributed by atoms with van der Waals surface area (Å²) in [6, 6.07) is 2.01. The fourth-order valence-electron chi connectivity index (χ4n) is 5.01. The van der Waals surface area contributed by atoms with E-state index in [0.717, 1.165) is 18.2 Å². The molecule has 0 radical (unpaired) electrons. The second kappa shape index (κ2) is 12.4. The zero-order valence-corrected chi connectivity index (χ0v) is 22.6. The summed E-state index contributed by atoms with van der Waals surface area (Å²) < 4.78 is 28.0. The number of benzene rings is 1. The molecule has 0 amide bonds. The van der Waals surface area contributed by atoms with Crippen LogP contribution in [0.5, 0.6) is 17.2 Å². The summed E-state index contributed by atoms with van der Waals surface area (Å²) in [5, 5.41) is 122. The SMILES string of the molecule is OC[C@H]1O[C@@H](OC[C@H]2O[C@@H](OC3=C(c4cc(O)c(O)c(O)c4)OC4C=C(O)C=C(O)C4=C3)[C@H](O)[C@@H](O)[C@@H]2O)[C@H](O)[C@@H](O)[C@@H]1O. The minimum Gasteiger partial charge on any atom is -0.508 e. The third-order valence-corrected chi connectivity index (χ3v) is 7.48. The first-order chi connectivity index (χ1) is 20.8. The molecule has 1 aliphatic carbocycles. The maximum absolute atomic E-state index is 10.7. The summed E-state index contributed by atoms with van der Waals surface area (Å²) in [6.45, 7) is -1.35. The molecule has 0 bridgehead atoms. The highest BCUT2D eigenvalue weighted by Crippen LogP contribution is 2.42. The lowest BCUT2D eigenvalue weighted by Crippen LogP contribution is -2.61. The van der Waals surface area contributed by atoms with Gasteiger partial charge in [-0.2, -0.15) is 0 Å². The Morgan fingerprint density at radius 2 is 1.30 bits per heavy atom. The summed E-state index contributed by atoms with van der Waals surface area (Å²) in [7, 11) is 0. The molecule has 11 atom stereocenters. The van der Waals surface area contributed by atoms with Gasteiger partial charge in [0.15, 0.2) is 35.1 Å². The lowest BCUT2D eigenvalue weighted by molar-refractivity contribution is -0.327. The van der Waals surface area contributed by atoms with Gasteiger partial charge in [0.05, 0.1) is 13.2 Å². The normalized spacial score (nSPS) is 37.3.